The van der Waals surface area contributed by atoms with Crippen LogP contribution in [0.25, 0.3) is 0 Å². The largest absolute Gasteiger partial charge is 0.480 e. The van der Waals surface area contributed by atoms with Crippen LogP contribution < -0.4 is 5.32 Å². The molecule has 0 fully saturated rings. The molecule has 0 bridgehead atoms. The first kappa shape index (κ1) is 22.6. The van der Waals surface area contributed by atoms with Gasteiger partial charge in [-0.25, -0.2) is 4.79 Å². The zero-order valence-corrected chi connectivity index (χ0v) is 16.4. The fourth-order valence-electron chi connectivity index (χ4n) is 1.81. The zero-order chi connectivity index (χ0) is 18.8. The summed E-state index contributed by atoms with van der Waals surface area (Å²) in [5.74, 6) is -1.78. The van der Waals surface area contributed by atoms with Crippen molar-refractivity contribution in [3.05, 3.63) is 34.4 Å². The van der Waals surface area contributed by atoms with Gasteiger partial charge >= 0.3 is 5.97 Å². The molecule has 24 heavy (non-hydrogen) atoms. The van der Waals surface area contributed by atoms with E-state index >= 15 is 0 Å². The molecule has 0 spiro atoms. The standard InChI is InChI=1S/C18H28BrNO4/c1-13(6-5-7-14(2)19)8-10-18(3,4)11-9-16(22)20-15(12-21)17(23)24/h7-9,11,15,21H,5-6,10,12H2,1-4H3,(H,20,22)(H,23,24)/b11-9+,13-8+,14-7+/t15-/m0/s1. The van der Waals surface area contributed by atoms with Gasteiger partial charge in [-0.3, -0.25) is 4.79 Å². The van der Waals surface area contributed by atoms with Gasteiger partial charge in [0, 0.05) is 0 Å². The summed E-state index contributed by atoms with van der Waals surface area (Å²) in [4.78, 5) is 22.5. The number of rotatable bonds is 10. The lowest BCUT2D eigenvalue weighted by Crippen LogP contribution is -2.42. The van der Waals surface area contributed by atoms with E-state index in [2.05, 4.69) is 40.3 Å². The number of aliphatic hydroxyl groups is 1. The molecule has 0 unspecified atom stereocenters. The molecule has 0 heterocycles. The van der Waals surface area contributed by atoms with Crippen molar-refractivity contribution in [3.63, 3.8) is 0 Å². The van der Waals surface area contributed by atoms with Crippen molar-refractivity contribution >= 4 is 27.8 Å². The van der Waals surface area contributed by atoms with Crippen molar-refractivity contribution in [2.75, 3.05) is 6.61 Å². The van der Waals surface area contributed by atoms with Crippen LogP contribution >= 0.6 is 15.9 Å². The van der Waals surface area contributed by atoms with Gasteiger partial charge in [0.15, 0.2) is 6.04 Å². The monoisotopic (exact) mass is 401 g/mol. The first-order chi connectivity index (χ1) is 11.1. The molecule has 0 aliphatic carbocycles. The van der Waals surface area contributed by atoms with E-state index in [9.17, 15) is 9.59 Å². The Kier molecular flexibility index (Phi) is 10.6. The number of halogens is 1. The average Bonchev–Trinajstić information content (AvgIpc) is 2.48. The molecular weight excluding hydrogens is 374 g/mol. The summed E-state index contributed by atoms with van der Waals surface area (Å²) in [7, 11) is 0. The molecule has 0 aromatic heterocycles. The van der Waals surface area contributed by atoms with Crippen molar-refractivity contribution < 1.29 is 19.8 Å². The predicted molar refractivity (Wildman–Crippen MR) is 99.9 cm³/mol. The SMILES string of the molecule is C/C(Br)=C\CC/C(C)=C/CC(C)(C)/C=C/C(=O)N[C@@H](CO)C(=O)O. The van der Waals surface area contributed by atoms with Crippen LogP contribution in [0.4, 0.5) is 0 Å². The first-order valence-electron chi connectivity index (χ1n) is 7.88. The fourth-order valence-corrected chi connectivity index (χ4v) is 2.04. The number of carboxylic acids is 1. The maximum Gasteiger partial charge on any atom is 0.328 e. The van der Waals surface area contributed by atoms with Gasteiger partial charge in [-0.15, -0.1) is 0 Å². The van der Waals surface area contributed by atoms with E-state index in [1.165, 1.54) is 11.6 Å². The molecule has 0 aromatic rings. The summed E-state index contributed by atoms with van der Waals surface area (Å²) in [5.41, 5.74) is 1.06. The quantitative estimate of drug-likeness (QED) is 0.385. The van der Waals surface area contributed by atoms with Gasteiger partial charge in [0.1, 0.15) is 0 Å². The minimum Gasteiger partial charge on any atom is -0.480 e. The number of carboxylic acid groups (broad SMARTS) is 1. The van der Waals surface area contributed by atoms with Gasteiger partial charge in [-0.1, -0.05) is 53.6 Å². The van der Waals surface area contributed by atoms with Gasteiger partial charge in [-0.05, 0) is 49.1 Å². The van der Waals surface area contributed by atoms with E-state index in [1.807, 2.05) is 20.8 Å². The van der Waals surface area contributed by atoms with Crippen LogP contribution in [0.15, 0.2) is 34.4 Å². The molecule has 0 saturated heterocycles. The van der Waals surface area contributed by atoms with Crippen LogP contribution in [0.5, 0.6) is 0 Å². The molecular formula is C18H28BrNO4. The third-order valence-corrected chi connectivity index (χ3v) is 3.75. The number of aliphatic hydroxyl groups excluding tert-OH is 1. The molecule has 1 atom stereocenters. The number of amides is 1. The molecule has 136 valence electrons. The molecule has 6 heteroatoms. The summed E-state index contributed by atoms with van der Waals surface area (Å²) < 4.78 is 1.13. The number of nitrogens with one attached hydrogen (secondary N) is 1. The van der Waals surface area contributed by atoms with E-state index < -0.39 is 24.5 Å². The van der Waals surface area contributed by atoms with Crippen LogP contribution in [-0.2, 0) is 9.59 Å². The van der Waals surface area contributed by atoms with Gasteiger partial charge in [0.25, 0.3) is 0 Å². The Bertz CT molecular complexity index is 517. The lowest BCUT2D eigenvalue weighted by molar-refractivity contribution is -0.142. The lowest BCUT2D eigenvalue weighted by atomic mass is 9.87. The van der Waals surface area contributed by atoms with E-state index in [0.29, 0.717) is 0 Å². The maximum absolute atomic E-state index is 11.7. The Balaban J connectivity index is 4.53. The highest BCUT2D eigenvalue weighted by Gasteiger charge is 2.18. The normalized spacial score (nSPS) is 14.8. The lowest BCUT2D eigenvalue weighted by Gasteiger charge is -2.18. The Labute approximate surface area is 152 Å². The second-order valence-corrected chi connectivity index (χ2v) is 7.74. The van der Waals surface area contributed by atoms with E-state index in [4.69, 9.17) is 10.2 Å². The molecule has 5 nitrogen and oxygen atoms in total. The summed E-state index contributed by atoms with van der Waals surface area (Å²) in [6, 6.07) is -1.28. The first-order valence-corrected chi connectivity index (χ1v) is 8.68. The van der Waals surface area contributed by atoms with Crippen LogP contribution in [0.1, 0.15) is 47.0 Å². The molecule has 0 saturated carbocycles. The zero-order valence-electron chi connectivity index (χ0n) is 14.8. The Morgan fingerprint density at radius 3 is 2.38 bits per heavy atom. The fraction of sp³-hybridized carbons (Fsp3) is 0.556. The molecule has 3 N–H and O–H groups in total. The highest BCUT2D eigenvalue weighted by Crippen LogP contribution is 2.24. The number of carbonyl (C=O) groups is 2. The molecule has 0 aromatic carbocycles. The summed E-state index contributed by atoms with van der Waals surface area (Å²) in [6.07, 6.45) is 10.1. The number of hydrogen-bond acceptors (Lipinski definition) is 3. The third-order valence-electron chi connectivity index (χ3n) is 3.42. The van der Waals surface area contributed by atoms with Crippen LogP contribution in [0.2, 0.25) is 0 Å². The molecule has 1 amide bonds. The minimum absolute atomic E-state index is 0.224. The molecule has 0 radical (unpaired) electrons. The molecule has 0 aliphatic heterocycles. The van der Waals surface area contributed by atoms with Crippen LogP contribution in [-0.4, -0.2) is 34.7 Å². The van der Waals surface area contributed by atoms with Crippen molar-refractivity contribution in [2.45, 2.75) is 53.0 Å². The molecule has 0 rings (SSSR count). The second-order valence-electron chi connectivity index (χ2n) is 6.49. The van der Waals surface area contributed by atoms with Crippen LogP contribution in [0, 0.1) is 5.41 Å². The Morgan fingerprint density at radius 2 is 1.88 bits per heavy atom. The van der Waals surface area contributed by atoms with Crippen molar-refractivity contribution in [1.82, 2.24) is 5.32 Å². The highest BCUT2D eigenvalue weighted by molar-refractivity contribution is 9.11. The molecule has 0 aliphatic rings. The van der Waals surface area contributed by atoms with E-state index in [-0.39, 0.29) is 5.41 Å². The van der Waals surface area contributed by atoms with Gasteiger partial charge in [-0.2, -0.15) is 0 Å². The second kappa shape index (κ2) is 11.2. The summed E-state index contributed by atoms with van der Waals surface area (Å²) in [5, 5.41) is 19.9. The smallest absolute Gasteiger partial charge is 0.328 e. The van der Waals surface area contributed by atoms with E-state index in [0.717, 1.165) is 23.7 Å². The van der Waals surface area contributed by atoms with Gasteiger partial charge in [0.2, 0.25) is 5.91 Å². The summed E-state index contributed by atoms with van der Waals surface area (Å²) >= 11 is 3.40. The number of hydrogen-bond donors (Lipinski definition) is 3. The number of aliphatic carboxylic acids is 1. The minimum atomic E-state index is -1.28. The predicted octanol–water partition coefficient (Wildman–Crippen LogP) is 3.55. The topological polar surface area (TPSA) is 86.6 Å². The Hall–Kier alpha value is -1.40. The average molecular weight is 402 g/mol. The van der Waals surface area contributed by atoms with E-state index in [1.54, 1.807) is 6.08 Å². The van der Waals surface area contributed by atoms with Crippen molar-refractivity contribution in [3.8, 4) is 0 Å². The van der Waals surface area contributed by atoms with Crippen LogP contribution in [0.3, 0.4) is 0 Å². The highest BCUT2D eigenvalue weighted by atomic mass is 79.9. The Morgan fingerprint density at radius 1 is 1.25 bits per heavy atom. The van der Waals surface area contributed by atoms with Gasteiger partial charge < -0.3 is 15.5 Å². The van der Waals surface area contributed by atoms with Crippen molar-refractivity contribution in [2.24, 2.45) is 5.41 Å². The van der Waals surface area contributed by atoms with Gasteiger partial charge in [0.05, 0.1) is 6.61 Å². The number of allylic oxidation sites excluding steroid dienone is 5. The maximum atomic E-state index is 11.7. The summed E-state index contributed by atoms with van der Waals surface area (Å²) in [6.45, 7) is 7.46. The third kappa shape index (κ3) is 11.2. The van der Waals surface area contributed by atoms with Crippen molar-refractivity contribution in [1.29, 1.82) is 0 Å². The number of carbonyl (C=O) groups excluding carboxylic acids is 1.